The van der Waals surface area contributed by atoms with E-state index < -0.39 is 0 Å². The van der Waals surface area contributed by atoms with E-state index in [1.165, 1.54) is 0 Å². The molecule has 0 bridgehead atoms. The second kappa shape index (κ2) is 10.2. The van der Waals surface area contributed by atoms with Crippen LogP contribution in [-0.4, -0.2) is 67.6 Å². The fourth-order valence-electron chi connectivity index (χ4n) is 2.89. The molecule has 0 radical (unpaired) electrons. The maximum absolute atomic E-state index is 12.2. The lowest BCUT2D eigenvalue weighted by molar-refractivity contribution is -0.130. The number of carbonyl (C=O) groups is 2. The molecular weight excluding hydrogens is 318 g/mol. The molecule has 2 rings (SSSR count). The molecule has 0 aromatic heterocycles. The predicted octanol–water partition coefficient (Wildman–Crippen LogP) is 1.43. The van der Waals surface area contributed by atoms with Gasteiger partial charge in [-0.3, -0.25) is 14.5 Å². The Hall–Kier alpha value is -1.92. The molecule has 1 unspecified atom stereocenters. The van der Waals surface area contributed by atoms with Crippen molar-refractivity contribution in [2.75, 3.05) is 45.9 Å². The first-order valence-electron chi connectivity index (χ1n) is 8.96. The highest BCUT2D eigenvalue weighted by Crippen LogP contribution is 2.11. The Bertz CT molecular complexity index is 544. The summed E-state index contributed by atoms with van der Waals surface area (Å²) < 4.78 is 5.33. The molecule has 0 spiro atoms. The Morgan fingerprint density at radius 3 is 2.52 bits per heavy atom. The maximum atomic E-state index is 12.2. The highest BCUT2D eigenvalue weighted by Gasteiger charge is 2.16. The van der Waals surface area contributed by atoms with Crippen molar-refractivity contribution in [1.82, 2.24) is 15.1 Å². The fraction of sp³-hybridized carbons (Fsp3) is 0.579. The van der Waals surface area contributed by atoms with Crippen molar-refractivity contribution >= 4 is 11.8 Å². The standard InChI is InChI=1S/C19H29N3O3/c1-16(18-6-4-3-5-7-18)20-19(24)8-9-22(17(2)23)11-10-21-12-14-25-15-13-21/h3-7,16H,8-15H2,1-2H3,(H,20,24). The lowest BCUT2D eigenvalue weighted by Gasteiger charge is -2.29. The number of amides is 2. The van der Waals surface area contributed by atoms with Gasteiger partial charge in [-0.1, -0.05) is 30.3 Å². The van der Waals surface area contributed by atoms with Crippen LogP contribution >= 0.6 is 0 Å². The SMILES string of the molecule is CC(=O)N(CCC(=O)NC(C)c1ccccc1)CCN1CCOCC1. The molecular formula is C19H29N3O3. The van der Waals surface area contributed by atoms with Gasteiger partial charge in [-0.15, -0.1) is 0 Å². The van der Waals surface area contributed by atoms with Crippen molar-refractivity contribution in [2.24, 2.45) is 0 Å². The van der Waals surface area contributed by atoms with Crippen LogP contribution in [0.2, 0.25) is 0 Å². The third-order valence-corrected chi connectivity index (χ3v) is 4.52. The van der Waals surface area contributed by atoms with Crippen molar-refractivity contribution in [3.05, 3.63) is 35.9 Å². The number of nitrogens with one attached hydrogen (secondary N) is 1. The van der Waals surface area contributed by atoms with E-state index >= 15 is 0 Å². The number of hydrogen-bond acceptors (Lipinski definition) is 4. The number of benzene rings is 1. The third kappa shape index (κ3) is 6.84. The molecule has 6 heteroatoms. The van der Waals surface area contributed by atoms with Crippen LogP contribution in [0.5, 0.6) is 0 Å². The number of morpholine rings is 1. The van der Waals surface area contributed by atoms with E-state index in [1.54, 1.807) is 11.8 Å². The zero-order valence-corrected chi connectivity index (χ0v) is 15.2. The lowest BCUT2D eigenvalue weighted by atomic mass is 10.1. The largest absolute Gasteiger partial charge is 0.379 e. The highest BCUT2D eigenvalue weighted by atomic mass is 16.5. The molecule has 1 aliphatic heterocycles. The summed E-state index contributed by atoms with van der Waals surface area (Å²) in [6.45, 7) is 8.76. The first-order chi connectivity index (χ1) is 12.1. The van der Waals surface area contributed by atoms with Crippen molar-refractivity contribution in [3.8, 4) is 0 Å². The van der Waals surface area contributed by atoms with E-state index in [0.717, 1.165) is 38.4 Å². The van der Waals surface area contributed by atoms with Gasteiger partial charge in [0.15, 0.2) is 0 Å². The molecule has 2 amide bonds. The van der Waals surface area contributed by atoms with E-state index in [2.05, 4.69) is 10.2 Å². The molecule has 6 nitrogen and oxygen atoms in total. The Kier molecular flexibility index (Phi) is 7.88. The van der Waals surface area contributed by atoms with Crippen molar-refractivity contribution in [3.63, 3.8) is 0 Å². The summed E-state index contributed by atoms with van der Waals surface area (Å²) >= 11 is 0. The number of nitrogens with zero attached hydrogens (tertiary/aromatic N) is 2. The average molecular weight is 347 g/mol. The molecule has 1 N–H and O–H groups in total. The molecule has 1 aliphatic rings. The van der Waals surface area contributed by atoms with Crippen LogP contribution in [0.15, 0.2) is 30.3 Å². The van der Waals surface area contributed by atoms with Gasteiger partial charge in [0.25, 0.3) is 0 Å². The minimum absolute atomic E-state index is 0.0113. The van der Waals surface area contributed by atoms with E-state index in [0.29, 0.717) is 19.5 Å². The van der Waals surface area contributed by atoms with Crippen molar-refractivity contribution in [2.45, 2.75) is 26.3 Å². The van der Waals surface area contributed by atoms with Crippen LogP contribution in [0.1, 0.15) is 31.9 Å². The molecule has 1 saturated heterocycles. The van der Waals surface area contributed by atoms with Gasteiger partial charge in [0.05, 0.1) is 19.3 Å². The topological polar surface area (TPSA) is 61.9 Å². The van der Waals surface area contributed by atoms with Gasteiger partial charge in [-0.2, -0.15) is 0 Å². The Morgan fingerprint density at radius 2 is 1.88 bits per heavy atom. The summed E-state index contributed by atoms with van der Waals surface area (Å²) in [5.74, 6) is -0.0221. The lowest BCUT2D eigenvalue weighted by Crippen LogP contribution is -2.43. The van der Waals surface area contributed by atoms with E-state index in [4.69, 9.17) is 4.74 Å². The van der Waals surface area contributed by atoms with E-state index in [1.807, 2.05) is 37.3 Å². The minimum atomic E-state index is -0.0344. The smallest absolute Gasteiger partial charge is 0.222 e. The first-order valence-corrected chi connectivity index (χ1v) is 8.96. The first kappa shape index (κ1) is 19.4. The van der Waals surface area contributed by atoms with Crippen molar-refractivity contribution < 1.29 is 14.3 Å². The summed E-state index contributed by atoms with van der Waals surface area (Å²) in [7, 11) is 0. The second-order valence-corrected chi connectivity index (χ2v) is 6.41. The molecule has 1 aromatic rings. The van der Waals surface area contributed by atoms with Gasteiger partial charge < -0.3 is 15.0 Å². The van der Waals surface area contributed by atoms with Gasteiger partial charge >= 0.3 is 0 Å². The summed E-state index contributed by atoms with van der Waals surface area (Å²) in [4.78, 5) is 28.0. The molecule has 25 heavy (non-hydrogen) atoms. The van der Waals surface area contributed by atoms with Crippen LogP contribution in [0.25, 0.3) is 0 Å². The van der Waals surface area contributed by atoms with Gasteiger partial charge in [0.1, 0.15) is 0 Å². The third-order valence-electron chi connectivity index (χ3n) is 4.52. The van der Waals surface area contributed by atoms with Crippen LogP contribution in [0, 0.1) is 0 Å². The zero-order chi connectivity index (χ0) is 18.1. The predicted molar refractivity (Wildman–Crippen MR) is 97.1 cm³/mol. The molecule has 1 heterocycles. The van der Waals surface area contributed by atoms with Crippen LogP contribution in [0.3, 0.4) is 0 Å². The van der Waals surface area contributed by atoms with Crippen LogP contribution in [0.4, 0.5) is 0 Å². The average Bonchev–Trinajstić information content (AvgIpc) is 2.63. The molecule has 138 valence electrons. The van der Waals surface area contributed by atoms with Crippen LogP contribution < -0.4 is 5.32 Å². The van der Waals surface area contributed by atoms with Gasteiger partial charge in [0, 0.05) is 46.1 Å². The molecule has 0 aliphatic carbocycles. The molecule has 1 aromatic carbocycles. The number of rotatable bonds is 8. The van der Waals surface area contributed by atoms with E-state index in [9.17, 15) is 9.59 Å². The van der Waals surface area contributed by atoms with Crippen LogP contribution in [-0.2, 0) is 14.3 Å². The fourth-order valence-corrected chi connectivity index (χ4v) is 2.89. The summed E-state index contributed by atoms with van der Waals surface area (Å²) in [6, 6.07) is 9.83. The van der Waals surface area contributed by atoms with Gasteiger partial charge in [-0.05, 0) is 12.5 Å². The van der Waals surface area contributed by atoms with Crippen molar-refractivity contribution in [1.29, 1.82) is 0 Å². The Morgan fingerprint density at radius 1 is 1.20 bits per heavy atom. The quantitative estimate of drug-likeness (QED) is 0.773. The Balaban J connectivity index is 1.73. The van der Waals surface area contributed by atoms with Gasteiger partial charge in [0.2, 0.25) is 11.8 Å². The zero-order valence-electron chi connectivity index (χ0n) is 15.2. The van der Waals surface area contributed by atoms with E-state index in [-0.39, 0.29) is 17.9 Å². The number of carbonyl (C=O) groups excluding carboxylic acids is 2. The molecule has 0 saturated carbocycles. The normalized spacial score (nSPS) is 16.2. The molecule has 1 fully saturated rings. The number of hydrogen-bond donors (Lipinski definition) is 1. The van der Waals surface area contributed by atoms with Gasteiger partial charge in [-0.25, -0.2) is 0 Å². The minimum Gasteiger partial charge on any atom is -0.379 e. The summed E-state index contributed by atoms with van der Waals surface area (Å²) in [5, 5.41) is 2.99. The molecule has 1 atom stereocenters. The monoisotopic (exact) mass is 347 g/mol. The maximum Gasteiger partial charge on any atom is 0.222 e. The Labute approximate surface area is 150 Å². The number of ether oxygens (including phenoxy) is 1. The second-order valence-electron chi connectivity index (χ2n) is 6.41. The summed E-state index contributed by atoms with van der Waals surface area (Å²) in [5.41, 5.74) is 1.08. The highest BCUT2D eigenvalue weighted by molar-refractivity contribution is 5.78. The summed E-state index contributed by atoms with van der Waals surface area (Å²) in [6.07, 6.45) is 0.319.